The molecule has 5 rings (SSSR count). The van der Waals surface area contributed by atoms with E-state index in [0.29, 0.717) is 22.8 Å². The molecule has 0 aliphatic carbocycles. The van der Waals surface area contributed by atoms with E-state index in [4.69, 9.17) is 9.84 Å². The van der Waals surface area contributed by atoms with E-state index < -0.39 is 11.1 Å². The Morgan fingerprint density at radius 2 is 1.84 bits per heavy atom. The van der Waals surface area contributed by atoms with Gasteiger partial charge in [0.1, 0.15) is 16.8 Å². The van der Waals surface area contributed by atoms with E-state index >= 15 is 0 Å². The maximum absolute atomic E-state index is 13.9. The number of anilines is 1. The second-order valence-corrected chi connectivity index (χ2v) is 10.5. The van der Waals surface area contributed by atoms with Gasteiger partial charge in [-0.15, -0.1) is 0 Å². The summed E-state index contributed by atoms with van der Waals surface area (Å²) in [5.74, 6) is -0.420. The van der Waals surface area contributed by atoms with Gasteiger partial charge in [0.25, 0.3) is 5.91 Å². The van der Waals surface area contributed by atoms with Crippen molar-refractivity contribution >= 4 is 40.1 Å². The fourth-order valence-electron chi connectivity index (χ4n) is 4.35. The Morgan fingerprint density at radius 3 is 2.53 bits per heavy atom. The maximum atomic E-state index is 13.9. The summed E-state index contributed by atoms with van der Waals surface area (Å²) in [6.45, 7) is 3.69. The molecule has 2 amide bonds. The Bertz CT molecular complexity index is 1440. The number of aliphatic imine (C=N–C) groups is 1. The second kappa shape index (κ2) is 10.8. The van der Waals surface area contributed by atoms with Gasteiger partial charge in [0.15, 0.2) is 5.17 Å². The van der Waals surface area contributed by atoms with Gasteiger partial charge in [-0.3, -0.25) is 9.59 Å². The van der Waals surface area contributed by atoms with Crippen LogP contribution in [0.5, 0.6) is 5.75 Å². The van der Waals surface area contributed by atoms with Crippen molar-refractivity contribution in [2.45, 2.75) is 38.0 Å². The van der Waals surface area contributed by atoms with Crippen LogP contribution in [-0.4, -0.2) is 40.1 Å². The van der Waals surface area contributed by atoms with Crippen molar-refractivity contribution in [3.8, 4) is 5.75 Å². The third-order valence-electron chi connectivity index (χ3n) is 6.55. The standard InChI is InChI=1S/C29H27FN4O3S/c1-17-4-7-19(8-5-17)24-15-25(20-9-12-22(37-3)13-10-20)34(33-24)29-32-28(36)26(38-29)16-27(35)31-21-11-6-18(2)23(30)14-21/h4-14,25-26H,15-16H2,1-3H3,(H,31,35)/t25-,26-/m1/s1. The molecule has 3 aromatic carbocycles. The summed E-state index contributed by atoms with van der Waals surface area (Å²) >= 11 is 1.23. The normalized spacial score (nSPS) is 18.8. The molecular weight excluding hydrogens is 503 g/mol. The minimum atomic E-state index is -0.685. The average molecular weight is 531 g/mol. The van der Waals surface area contributed by atoms with Crippen LogP contribution in [0, 0.1) is 19.7 Å². The van der Waals surface area contributed by atoms with Crippen LogP contribution in [0.4, 0.5) is 10.1 Å². The number of nitrogens with zero attached hydrogens (tertiary/aromatic N) is 3. The monoisotopic (exact) mass is 530 g/mol. The molecule has 2 aliphatic rings. The zero-order valence-corrected chi connectivity index (χ0v) is 22.1. The Morgan fingerprint density at radius 1 is 1.11 bits per heavy atom. The number of ether oxygens (including phenoxy) is 1. The molecule has 7 nitrogen and oxygen atoms in total. The summed E-state index contributed by atoms with van der Waals surface area (Å²) in [6.07, 6.45) is 0.550. The van der Waals surface area contributed by atoms with Crippen LogP contribution in [0.2, 0.25) is 0 Å². The van der Waals surface area contributed by atoms with Crippen LogP contribution in [0.15, 0.2) is 76.8 Å². The number of carbonyl (C=O) groups is 2. The van der Waals surface area contributed by atoms with Gasteiger partial charge in [-0.25, -0.2) is 9.40 Å². The van der Waals surface area contributed by atoms with Crippen molar-refractivity contribution in [3.63, 3.8) is 0 Å². The Hall–Kier alpha value is -3.98. The molecule has 194 valence electrons. The van der Waals surface area contributed by atoms with Crippen LogP contribution in [0.1, 0.15) is 41.1 Å². The van der Waals surface area contributed by atoms with E-state index in [9.17, 15) is 14.0 Å². The minimum Gasteiger partial charge on any atom is -0.497 e. The molecular formula is C29H27FN4O3S. The molecule has 2 aliphatic heterocycles. The highest BCUT2D eigenvalue weighted by atomic mass is 32.2. The molecule has 0 fully saturated rings. The van der Waals surface area contributed by atoms with Crippen molar-refractivity contribution in [1.29, 1.82) is 0 Å². The smallest absolute Gasteiger partial charge is 0.262 e. The molecule has 2 atom stereocenters. The highest BCUT2D eigenvalue weighted by Crippen LogP contribution is 2.39. The number of carbonyl (C=O) groups excluding carboxylic acids is 2. The van der Waals surface area contributed by atoms with Crippen molar-refractivity contribution in [1.82, 2.24) is 5.01 Å². The predicted molar refractivity (Wildman–Crippen MR) is 148 cm³/mol. The lowest BCUT2D eigenvalue weighted by Crippen LogP contribution is -2.25. The Kier molecular flexibility index (Phi) is 7.28. The zero-order chi connectivity index (χ0) is 26.8. The molecule has 2 heterocycles. The molecule has 0 radical (unpaired) electrons. The molecule has 0 saturated carbocycles. The van der Waals surface area contributed by atoms with Gasteiger partial charge in [0, 0.05) is 18.5 Å². The number of thioether (sulfide) groups is 1. The van der Waals surface area contributed by atoms with Crippen LogP contribution in [0.3, 0.4) is 0 Å². The van der Waals surface area contributed by atoms with Gasteiger partial charge in [0.2, 0.25) is 5.91 Å². The summed E-state index contributed by atoms with van der Waals surface area (Å²) < 4.78 is 19.2. The largest absolute Gasteiger partial charge is 0.497 e. The Balaban J connectivity index is 1.34. The molecule has 0 unspecified atom stereocenters. The number of hydrogen-bond acceptors (Lipinski definition) is 6. The van der Waals surface area contributed by atoms with Crippen LogP contribution >= 0.6 is 11.8 Å². The highest BCUT2D eigenvalue weighted by Gasteiger charge is 2.39. The molecule has 0 spiro atoms. The van der Waals surface area contributed by atoms with E-state index in [0.717, 1.165) is 28.2 Å². The molecule has 38 heavy (non-hydrogen) atoms. The molecule has 3 aromatic rings. The number of hydrazone groups is 1. The van der Waals surface area contributed by atoms with Crippen molar-refractivity contribution in [2.75, 3.05) is 12.4 Å². The van der Waals surface area contributed by atoms with Gasteiger partial charge < -0.3 is 10.1 Å². The number of methoxy groups -OCH3 is 1. The lowest BCUT2D eigenvalue weighted by molar-refractivity contribution is -0.121. The lowest BCUT2D eigenvalue weighted by Gasteiger charge is -2.23. The zero-order valence-electron chi connectivity index (χ0n) is 21.3. The molecule has 0 saturated heterocycles. The highest BCUT2D eigenvalue weighted by molar-refractivity contribution is 8.15. The maximum Gasteiger partial charge on any atom is 0.262 e. The van der Waals surface area contributed by atoms with E-state index in [2.05, 4.69) is 10.3 Å². The quantitative estimate of drug-likeness (QED) is 0.447. The number of halogens is 1. The minimum absolute atomic E-state index is 0.0818. The molecule has 1 N–H and O–H groups in total. The van der Waals surface area contributed by atoms with Crippen molar-refractivity contribution in [2.24, 2.45) is 10.1 Å². The average Bonchev–Trinajstić information content (AvgIpc) is 3.50. The van der Waals surface area contributed by atoms with Crippen molar-refractivity contribution < 1.29 is 18.7 Å². The summed E-state index contributed by atoms with van der Waals surface area (Å²) in [5, 5.41) is 9.10. The lowest BCUT2D eigenvalue weighted by atomic mass is 9.98. The fraction of sp³-hybridized carbons (Fsp3) is 0.241. The fourth-order valence-corrected chi connectivity index (χ4v) is 5.41. The first kappa shape index (κ1) is 25.7. The first-order chi connectivity index (χ1) is 18.3. The molecule has 9 heteroatoms. The van der Waals surface area contributed by atoms with Crippen LogP contribution in [-0.2, 0) is 9.59 Å². The van der Waals surface area contributed by atoms with Gasteiger partial charge >= 0.3 is 0 Å². The topological polar surface area (TPSA) is 83.4 Å². The predicted octanol–water partition coefficient (Wildman–Crippen LogP) is 5.63. The van der Waals surface area contributed by atoms with Crippen LogP contribution < -0.4 is 10.1 Å². The van der Waals surface area contributed by atoms with E-state index in [1.165, 1.54) is 17.8 Å². The third kappa shape index (κ3) is 5.47. The van der Waals surface area contributed by atoms with Crippen molar-refractivity contribution in [3.05, 3.63) is 94.8 Å². The molecule has 0 aromatic heterocycles. The van der Waals surface area contributed by atoms with E-state index in [1.54, 1.807) is 31.2 Å². The summed E-state index contributed by atoms with van der Waals surface area (Å²) in [4.78, 5) is 29.7. The Labute approximate surface area is 224 Å². The third-order valence-corrected chi connectivity index (χ3v) is 7.69. The second-order valence-electron chi connectivity index (χ2n) is 9.31. The number of amides is 2. The molecule has 0 bridgehead atoms. The SMILES string of the molecule is COc1ccc([C@H]2CC(c3ccc(C)cc3)=NN2C2=NC(=O)[C@@H](CC(=O)Nc3ccc(C)c(F)c3)S2)cc1. The van der Waals surface area contributed by atoms with Gasteiger partial charge in [-0.05, 0) is 54.8 Å². The summed E-state index contributed by atoms with van der Waals surface area (Å²) in [6, 6.07) is 20.3. The number of hydrogen-bond donors (Lipinski definition) is 1. The first-order valence-corrected chi connectivity index (χ1v) is 13.1. The van der Waals surface area contributed by atoms with Gasteiger partial charge in [0.05, 0.1) is 18.9 Å². The van der Waals surface area contributed by atoms with E-state index in [1.807, 2.05) is 55.5 Å². The van der Waals surface area contributed by atoms with Crippen LogP contribution in [0.25, 0.3) is 0 Å². The van der Waals surface area contributed by atoms with E-state index in [-0.39, 0.29) is 24.3 Å². The number of aryl methyl sites for hydroxylation is 2. The number of nitrogens with one attached hydrogen (secondary N) is 1. The summed E-state index contributed by atoms with van der Waals surface area (Å²) in [5.41, 5.74) is 4.91. The number of amidine groups is 1. The summed E-state index contributed by atoms with van der Waals surface area (Å²) in [7, 11) is 1.62. The number of rotatable bonds is 6. The number of benzene rings is 3. The van der Waals surface area contributed by atoms with Gasteiger partial charge in [-0.2, -0.15) is 10.1 Å². The first-order valence-electron chi connectivity index (χ1n) is 12.2. The van der Waals surface area contributed by atoms with Gasteiger partial charge in [-0.1, -0.05) is 59.8 Å².